The fourth-order valence-corrected chi connectivity index (χ4v) is 3.16. The molecule has 30 heavy (non-hydrogen) atoms. The number of carbonyl (C=O) groups is 1. The van der Waals surface area contributed by atoms with Gasteiger partial charge in [0.25, 0.3) is 0 Å². The van der Waals surface area contributed by atoms with Gasteiger partial charge >= 0.3 is 5.97 Å². The van der Waals surface area contributed by atoms with E-state index in [1.54, 1.807) is 45.6 Å². The van der Waals surface area contributed by atoms with E-state index in [-0.39, 0.29) is 6.10 Å². The van der Waals surface area contributed by atoms with E-state index in [9.17, 15) is 4.79 Å². The molecular weight excluding hydrogens is 390 g/mol. The monoisotopic (exact) mass is 413 g/mol. The lowest BCUT2D eigenvalue weighted by atomic mass is 9.99. The highest BCUT2D eigenvalue weighted by Crippen LogP contribution is 2.43. The van der Waals surface area contributed by atoms with Gasteiger partial charge in [-0.15, -0.1) is 0 Å². The van der Waals surface area contributed by atoms with Gasteiger partial charge in [-0.1, -0.05) is 17.8 Å². The summed E-state index contributed by atoms with van der Waals surface area (Å²) in [7, 11) is 6.17. The van der Waals surface area contributed by atoms with E-state index in [0.29, 0.717) is 40.9 Å². The van der Waals surface area contributed by atoms with Gasteiger partial charge in [-0.2, -0.15) is 0 Å². The van der Waals surface area contributed by atoms with Crippen LogP contribution in [0.2, 0.25) is 0 Å². The summed E-state index contributed by atoms with van der Waals surface area (Å²) in [6.07, 6.45) is 1.25. The van der Waals surface area contributed by atoms with Crippen LogP contribution in [-0.4, -0.2) is 40.1 Å². The Labute approximate surface area is 174 Å². The van der Waals surface area contributed by atoms with E-state index < -0.39 is 5.97 Å². The minimum Gasteiger partial charge on any atom is -0.493 e. The maximum atomic E-state index is 11.5. The molecule has 8 nitrogen and oxygen atoms in total. The zero-order valence-electron chi connectivity index (χ0n) is 17.3. The summed E-state index contributed by atoms with van der Waals surface area (Å²) in [4.78, 5) is 17.1. The third-order valence-electron chi connectivity index (χ3n) is 4.62. The molecule has 0 bridgehead atoms. The summed E-state index contributed by atoms with van der Waals surface area (Å²) in [6, 6.07) is 8.83. The molecule has 0 fully saturated rings. The molecule has 2 aromatic carbocycles. The summed E-state index contributed by atoms with van der Waals surface area (Å²) >= 11 is 0. The molecule has 1 aliphatic heterocycles. The standard InChI is InChI=1S/C22H23NO7/c1-6-20(24)29-16-9-7-13(11-19(16)26-3)18-12-15(23-30-18)14-8-10-17(25-2)22(28-5)21(14)27-4/h6-11,18H,1,12H2,2-5H3. The molecule has 0 saturated heterocycles. The molecule has 3 rings (SSSR count). The van der Waals surface area contributed by atoms with E-state index in [1.165, 1.54) is 7.11 Å². The fourth-order valence-electron chi connectivity index (χ4n) is 3.16. The van der Waals surface area contributed by atoms with Crippen molar-refractivity contribution in [3.63, 3.8) is 0 Å². The Bertz CT molecular complexity index is 984. The normalized spacial score (nSPS) is 14.9. The first kappa shape index (κ1) is 21.0. The van der Waals surface area contributed by atoms with Crippen molar-refractivity contribution in [3.8, 4) is 28.7 Å². The summed E-state index contributed by atoms with van der Waals surface area (Å²) in [5.74, 6) is 1.70. The lowest BCUT2D eigenvalue weighted by Gasteiger charge is -2.15. The van der Waals surface area contributed by atoms with Crippen LogP contribution in [0.25, 0.3) is 0 Å². The Hall–Kier alpha value is -3.68. The van der Waals surface area contributed by atoms with E-state index >= 15 is 0 Å². The van der Waals surface area contributed by atoms with Gasteiger partial charge in [0.2, 0.25) is 5.75 Å². The molecule has 0 spiro atoms. The molecule has 0 N–H and O–H groups in total. The van der Waals surface area contributed by atoms with Crippen molar-refractivity contribution in [2.24, 2.45) is 5.16 Å². The highest BCUT2D eigenvalue weighted by molar-refractivity contribution is 6.04. The Morgan fingerprint density at radius 3 is 2.33 bits per heavy atom. The number of oxime groups is 1. The average molecular weight is 413 g/mol. The quantitative estimate of drug-likeness (QED) is 0.371. The number of hydrogen-bond acceptors (Lipinski definition) is 8. The van der Waals surface area contributed by atoms with Crippen LogP contribution in [-0.2, 0) is 9.63 Å². The highest BCUT2D eigenvalue weighted by atomic mass is 16.6. The van der Waals surface area contributed by atoms with Gasteiger partial charge in [0.05, 0.1) is 34.2 Å². The van der Waals surface area contributed by atoms with Crippen molar-refractivity contribution in [1.82, 2.24) is 0 Å². The maximum Gasteiger partial charge on any atom is 0.335 e. The molecule has 0 saturated carbocycles. The summed E-state index contributed by atoms with van der Waals surface area (Å²) < 4.78 is 26.8. The molecular formula is C22H23NO7. The minimum atomic E-state index is -0.565. The molecule has 8 heteroatoms. The average Bonchev–Trinajstić information content (AvgIpc) is 3.27. The molecule has 0 radical (unpaired) electrons. The van der Waals surface area contributed by atoms with Crippen molar-refractivity contribution in [2.75, 3.05) is 28.4 Å². The molecule has 158 valence electrons. The molecule has 1 unspecified atom stereocenters. The number of hydrogen-bond donors (Lipinski definition) is 0. The summed E-state index contributed by atoms with van der Waals surface area (Å²) in [5.41, 5.74) is 2.28. The largest absolute Gasteiger partial charge is 0.493 e. The van der Waals surface area contributed by atoms with E-state index in [1.807, 2.05) is 6.07 Å². The molecule has 1 atom stereocenters. The predicted molar refractivity (Wildman–Crippen MR) is 110 cm³/mol. The van der Waals surface area contributed by atoms with Gasteiger partial charge in [0.15, 0.2) is 29.1 Å². The second kappa shape index (κ2) is 9.21. The van der Waals surface area contributed by atoms with Crippen LogP contribution in [0.15, 0.2) is 48.1 Å². The van der Waals surface area contributed by atoms with Crippen LogP contribution < -0.4 is 23.7 Å². The summed E-state index contributed by atoms with van der Waals surface area (Å²) in [5, 5.41) is 4.24. The van der Waals surface area contributed by atoms with Gasteiger partial charge in [-0.25, -0.2) is 4.79 Å². The van der Waals surface area contributed by atoms with Crippen LogP contribution in [0.1, 0.15) is 23.7 Å². The van der Waals surface area contributed by atoms with Crippen molar-refractivity contribution >= 4 is 11.7 Å². The molecule has 2 aromatic rings. The van der Waals surface area contributed by atoms with Gasteiger partial charge < -0.3 is 28.5 Å². The Kier molecular flexibility index (Phi) is 6.46. The zero-order chi connectivity index (χ0) is 21.7. The number of nitrogens with zero attached hydrogens (tertiary/aromatic N) is 1. The number of ether oxygens (including phenoxy) is 5. The van der Waals surface area contributed by atoms with E-state index in [0.717, 1.165) is 17.2 Å². The number of carbonyl (C=O) groups excluding carboxylic acids is 1. The lowest BCUT2D eigenvalue weighted by molar-refractivity contribution is -0.129. The molecule has 0 amide bonds. The highest BCUT2D eigenvalue weighted by Gasteiger charge is 2.29. The third kappa shape index (κ3) is 4.03. The van der Waals surface area contributed by atoms with Crippen molar-refractivity contribution in [2.45, 2.75) is 12.5 Å². The Morgan fingerprint density at radius 1 is 1.00 bits per heavy atom. The number of esters is 1. The fraction of sp³-hybridized carbons (Fsp3) is 0.273. The predicted octanol–water partition coefficient (Wildman–Crippen LogP) is 3.68. The SMILES string of the molecule is C=CC(=O)Oc1ccc(C2CC(c3ccc(OC)c(OC)c3OC)=NO2)cc1OC. The molecule has 1 aliphatic rings. The smallest absolute Gasteiger partial charge is 0.335 e. The first-order valence-electron chi connectivity index (χ1n) is 9.10. The van der Waals surface area contributed by atoms with E-state index in [4.69, 9.17) is 28.5 Å². The van der Waals surface area contributed by atoms with Crippen LogP contribution >= 0.6 is 0 Å². The van der Waals surface area contributed by atoms with Crippen molar-refractivity contribution in [1.29, 1.82) is 0 Å². The maximum absolute atomic E-state index is 11.5. The second-order valence-corrected chi connectivity index (χ2v) is 6.25. The Balaban J connectivity index is 1.85. The first-order valence-corrected chi connectivity index (χ1v) is 9.10. The van der Waals surface area contributed by atoms with Crippen LogP contribution in [0.4, 0.5) is 0 Å². The molecule has 1 heterocycles. The van der Waals surface area contributed by atoms with Crippen molar-refractivity contribution < 1.29 is 33.3 Å². The first-order chi connectivity index (χ1) is 14.6. The van der Waals surface area contributed by atoms with Gasteiger partial charge in [0, 0.05) is 18.1 Å². The Morgan fingerprint density at radius 2 is 1.70 bits per heavy atom. The minimum absolute atomic E-state index is 0.298. The van der Waals surface area contributed by atoms with Crippen LogP contribution in [0.5, 0.6) is 28.7 Å². The summed E-state index contributed by atoms with van der Waals surface area (Å²) in [6.45, 7) is 3.39. The zero-order valence-corrected chi connectivity index (χ0v) is 17.3. The third-order valence-corrected chi connectivity index (χ3v) is 4.62. The van der Waals surface area contributed by atoms with Crippen molar-refractivity contribution in [3.05, 3.63) is 54.1 Å². The van der Waals surface area contributed by atoms with Gasteiger partial charge in [-0.05, 0) is 29.8 Å². The van der Waals surface area contributed by atoms with Crippen LogP contribution in [0, 0.1) is 0 Å². The van der Waals surface area contributed by atoms with E-state index in [2.05, 4.69) is 11.7 Å². The topological polar surface area (TPSA) is 84.8 Å². The van der Waals surface area contributed by atoms with Crippen LogP contribution in [0.3, 0.4) is 0 Å². The lowest BCUT2D eigenvalue weighted by Crippen LogP contribution is -2.07. The molecule has 0 aromatic heterocycles. The molecule has 0 aliphatic carbocycles. The van der Waals surface area contributed by atoms with Gasteiger partial charge in [0.1, 0.15) is 0 Å². The number of methoxy groups -OCH3 is 4. The number of rotatable bonds is 8. The number of benzene rings is 2. The van der Waals surface area contributed by atoms with Gasteiger partial charge in [-0.3, -0.25) is 0 Å². The second-order valence-electron chi connectivity index (χ2n) is 6.25.